The van der Waals surface area contributed by atoms with Crippen molar-refractivity contribution in [1.29, 1.82) is 0 Å². The molecule has 1 aromatic heterocycles. The summed E-state index contributed by atoms with van der Waals surface area (Å²) in [7, 11) is 2.10. The summed E-state index contributed by atoms with van der Waals surface area (Å²) in [4.78, 5) is 6.73. The fourth-order valence-electron chi connectivity index (χ4n) is 2.37. The number of nitrogens with zero attached hydrogens (tertiary/aromatic N) is 2. The highest BCUT2D eigenvalue weighted by Gasteiger charge is 2.21. The smallest absolute Gasteiger partial charge is 0.239 e. The number of aromatic nitrogens is 1. The van der Waals surface area contributed by atoms with E-state index in [0.29, 0.717) is 24.2 Å². The Hall–Kier alpha value is -1.45. The molecule has 0 radical (unpaired) electrons. The highest BCUT2D eigenvalue weighted by atomic mass is 16.5. The molecule has 17 heavy (non-hydrogen) atoms. The van der Waals surface area contributed by atoms with Gasteiger partial charge in [-0.05, 0) is 31.9 Å². The van der Waals surface area contributed by atoms with Gasteiger partial charge in [0.05, 0.1) is 12.3 Å². The van der Waals surface area contributed by atoms with E-state index < -0.39 is 0 Å². The Kier molecular flexibility index (Phi) is 3.71. The lowest BCUT2D eigenvalue weighted by atomic mass is 10.2. The van der Waals surface area contributed by atoms with Gasteiger partial charge >= 0.3 is 0 Å². The van der Waals surface area contributed by atoms with Crippen molar-refractivity contribution < 1.29 is 4.74 Å². The number of pyridine rings is 1. The van der Waals surface area contributed by atoms with Crippen molar-refractivity contribution in [2.75, 3.05) is 24.3 Å². The lowest BCUT2D eigenvalue weighted by Gasteiger charge is -2.25. The normalized spacial score (nSPS) is 16.1. The van der Waals surface area contributed by atoms with E-state index in [1.165, 1.54) is 25.7 Å². The zero-order valence-electron chi connectivity index (χ0n) is 10.6. The summed E-state index contributed by atoms with van der Waals surface area (Å²) >= 11 is 0. The van der Waals surface area contributed by atoms with Gasteiger partial charge in [-0.3, -0.25) is 0 Å². The highest BCUT2D eigenvalue weighted by molar-refractivity contribution is 5.54. The average molecular weight is 235 g/mol. The van der Waals surface area contributed by atoms with Gasteiger partial charge in [-0.1, -0.05) is 12.8 Å². The van der Waals surface area contributed by atoms with E-state index in [1.807, 2.05) is 19.1 Å². The van der Waals surface area contributed by atoms with Crippen LogP contribution in [0, 0.1) is 0 Å². The molecule has 1 saturated carbocycles. The molecule has 0 aromatic carbocycles. The largest absolute Gasteiger partial charge is 0.476 e. The Morgan fingerprint density at radius 3 is 2.76 bits per heavy atom. The van der Waals surface area contributed by atoms with Crippen molar-refractivity contribution in [2.24, 2.45) is 0 Å². The summed E-state index contributed by atoms with van der Waals surface area (Å²) < 4.78 is 5.43. The van der Waals surface area contributed by atoms with Crippen LogP contribution in [-0.4, -0.2) is 24.7 Å². The molecule has 4 nitrogen and oxygen atoms in total. The van der Waals surface area contributed by atoms with Crippen LogP contribution in [0.3, 0.4) is 0 Å². The average Bonchev–Trinajstić information content (AvgIpc) is 2.85. The molecule has 0 unspecified atom stereocenters. The van der Waals surface area contributed by atoms with Crippen LogP contribution in [0.1, 0.15) is 32.6 Å². The summed E-state index contributed by atoms with van der Waals surface area (Å²) in [6, 6.07) is 4.45. The third-order valence-corrected chi connectivity index (χ3v) is 3.39. The molecule has 1 aliphatic carbocycles. The molecule has 4 heteroatoms. The topological polar surface area (TPSA) is 51.4 Å². The molecular weight excluding hydrogens is 214 g/mol. The molecule has 1 aromatic rings. The highest BCUT2D eigenvalue weighted by Crippen LogP contribution is 2.28. The van der Waals surface area contributed by atoms with Crippen LogP contribution < -0.4 is 15.4 Å². The minimum Gasteiger partial charge on any atom is -0.476 e. The molecular formula is C13H21N3O. The second kappa shape index (κ2) is 5.25. The third-order valence-electron chi connectivity index (χ3n) is 3.39. The fraction of sp³-hybridized carbons (Fsp3) is 0.615. The van der Waals surface area contributed by atoms with Crippen LogP contribution in [0.4, 0.5) is 11.5 Å². The van der Waals surface area contributed by atoms with E-state index in [4.69, 9.17) is 10.5 Å². The number of rotatable bonds is 4. The zero-order valence-corrected chi connectivity index (χ0v) is 10.6. The standard InChI is InChI=1S/C13H21N3O/c1-3-17-13-11(14)8-9-12(15-13)16(2)10-6-4-5-7-10/h8-10H,3-7,14H2,1-2H3. The van der Waals surface area contributed by atoms with E-state index >= 15 is 0 Å². The maximum absolute atomic E-state index is 5.82. The predicted molar refractivity (Wildman–Crippen MR) is 70.5 cm³/mol. The molecule has 0 atom stereocenters. The Bertz CT molecular complexity index is 375. The Labute approximate surface area is 103 Å². The van der Waals surface area contributed by atoms with E-state index in [-0.39, 0.29) is 0 Å². The molecule has 1 heterocycles. The first kappa shape index (κ1) is 12.0. The maximum Gasteiger partial charge on any atom is 0.239 e. The summed E-state index contributed by atoms with van der Waals surface area (Å²) in [6.45, 7) is 2.53. The maximum atomic E-state index is 5.82. The minimum atomic E-state index is 0.551. The van der Waals surface area contributed by atoms with E-state index in [1.54, 1.807) is 0 Å². The molecule has 0 aliphatic heterocycles. The summed E-state index contributed by atoms with van der Waals surface area (Å²) in [5.74, 6) is 1.50. The number of hydrogen-bond donors (Lipinski definition) is 1. The van der Waals surface area contributed by atoms with Crippen molar-refractivity contribution in [3.8, 4) is 5.88 Å². The molecule has 1 fully saturated rings. The molecule has 2 rings (SSSR count). The Balaban J connectivity index is 2.16. The molecule has 0 spiro atoms. The minimum absolute atomic E-state index is 0.551. The SMILES string of the molecule is CCOc1nc(N(C)C2CCCC2)ccc1N. The van der Waals surface area contributed by atoms with E-state index in [2.05, 4.69) is 16.9 Å². The van der Waals surface area contributed by atoms with Crippen molar-refractivity contribution in [2.45, 2.75) is 38.6 Å². The second-order valence-corrected chi connectivity index (χ2v) is 4.55. The Morgan fingerprint density at radius 2 is 2.12 bits per heavy atom. The van der Waals surface area contributed by atoms with Gasteiger partial charge in [0.2, 0.25) is 5.88 Å². The number of nitrogens with two attached hydrogens (primary N) is 1. The van der Waals surface area contributed by atoms with E-state index in [9.17, 15) is 0 Å². The van der Waals surface area contributed by atoms with Crippen LogP contribution in [0.5, 0.6) is 5.88 Å². The molecule has 0 bridgehead atoms. The van der Waals surface area contributed by atoms with Crippen LogP contribution in [0.25, 0.3) is 0 Å². The number of anilines is 2. The molecule has 0 saturated heterocycles. The molecule has 2 N–H and O–H groups in total. The lowest BCUT2D eigenvalue weighted by Crippen LogP contribution is -2.29. The van der Waals surface area contributed by atoms with Crippen LogP contribution in [0.2, 0.25) is 0 Å². The number of ether oxygens (including phenoxy) is 1. The molecule has 94 valence electrons. The predicted octanol–water partition coefficient (Wildman–Crippen LogP) is 2.44. The van der Waals surface area contributed by atoms with Gasteiger partial charge in [0, 0.05) is 13.1 Å². The fourth-order valence-corrected chi connectivity index (χ4v) is 2.37. The number of nitrogen functional groups attached to an aromatic ring is 1. The first-order valence-electron chi connectivity index (χ1n) is 6.34. The van der Waals surface area contributed by atoms with Gasteiger partial charge in [0.25, 0.3) is 0 Å². The summed E-state index contributed by atoms with van der Waals surface area (Å²) in [5, 5.41) is 0. The van der Waals surface area contributed by atoms with Gasteiger partial charge in [0.15, 0.2) is 0 Å². The monoisotopic (exact) mass is 235 g/mol. The molecule has 1 aliphatic rings. The van der Waals surface area contributed by atoms with Crippen molar-refractivity contribution in [3.63, 3.8) is 0 Å². The Morgan fingerprint density at radius 1 is 1.41 bits per heavy atom. The van der Waals surface area contributed by atoms with Crippen molar-refractivity contribution in [3.05, 3.63) is 12.1 Å². The first-order chi connectivity index (χ1) is 8.22. The van der Waals surface area contributed by atoms with Crippen molar-refractivity contribution >= 4 is 11.5 Å². The van der Waals surface area contributed by atoms with Crippen LogP contribution in [-0.2, 0) is 0 Å². The number of hydrogen-bond acceptors (Lipinski definition) is 4. The summed E-state index contributed by atoms with van der Waals surface area (Å²) in [5.41, 5.74) is 6.43. The van der Waals surface area contributed by atoms with Gasteiger partial charge in [0.1, 0.15) is 5.82 Å². The quantitative estimate of drug-likeness (QED) is 0.871. The van der Waals surface area contributed by atoms with Gasteiger partial charge in [-0.25, -0.2) is 0 Å². The van der Waals surface area contributed by atoms with E-state index in [0.717, 1.165) is 5.82 Å². The van der Waals surface area contributed by atoms with Crippen LogP contribution in [0.15, 0.2) is 12.1 Å². The first-order valence-corrected chi connectivity index (χ1v) is 6.34. The zero-order chi connectivity index (χ0) is 12.3. The lowest BCUT2D eigenvalue weighted by molar-refractivity contribution is 0.329. The van der Waals surface area contributed by atoms with Gasteiger partial charge < -0.3 is 15.4 Å². The van der Waals surface area contributed by atoms with Crippen LogP contribution >= 0.6 is 0 Å². The van der Waals surface area contributed by atoms with Crippen molar-refractivity contribution in [1.82, 2.24) is 4.98 Å². The summed E-state index contributed by atoms with van der Waals surface area (Å²) in [6.07, 6.45) is 5.16. The van der Waals surface area contributed by atoms with Gasteiger partial charge in [-0.2, -0.15) is 4.98 Å². The molecule has 0 amide bonds. The third kappa shape index (κ3) is 2.62. The second-order valence-electron chi connectivity index (χ2n) is 4.55. The van der Waals surface area contributed by atoms with Gasteiger partial charge in [-0.15, -0.1) is 0 Å².